The number of benzene rings is 1. The van der Waals surface area contributed by atoms with Crippen molar-refractivity contribution in [3.8, 4) is 0 Å². The van der Waals surface area contributed by atoms with Crippen LogP contribution in [0.3, 0.4) is 0 Å². The number of methoxy groups -OCH3 is 1. The first kappa shape index (κ1) is 15.6. The summed E-state index contributed by atoms with van der Waals surface area (Å²) in [5.74, 6) is -0.241. The molecule has 3 N–H and O–H groups in total. The Morgan fingerprint density at radius 1 is 1.57 bits per heavy atom. The SMILES string of the molecule is COC(=O)NC1CCN(c2cc(C)c(F)cc2[C@@H](C)N)C1. The van der Waals surface area contributed by atoms with Gasteiger partial charge in [0.25, 0.3) is 0 Å². The molecule has 0 saturated carbocycles. The molecule has 1 aromatic carbocycles. The van der Waals surface area contributed by atoms with Crippen LogP contribution in [0.25, 0.3) is 0 Å². The summed E-state index contributed by atoms with van der Waals surface area (Å²) in [5, 5.41) is 2.79. The number of hydrogen-bond donors (Lipinski definition) is 2. The molecule has 2 rings (SSSR count). The highest BCUT2D eigenvalue weighted by Crippen LogP contribution is 2.30. The highest BCUT2D eigenvalue weighted by molar-refractivity contribution is 5.68. The summed E-state index contributed by atoms with van der Waals surface area (Å²) in [4.78, 5) is 13.4. The summed E-state index contributed by atoms with van der Waals surface area (Å²) in [6.07, 6.45) is 0.397. The molecule has 1 aromatic rings. The van der Waals surface area contributed by atoms with Crippen LogP contribution in [0.4, 0.5) is 14.9 Å². The van der Waals surface area contributed by atoms with Crippen LogP contribution in [-0.4, -0.2) is 32.3 Å². The smallest absolute Gasteiger partial charge is 0.407 e. The maximum Gasteiger partial charge on any atom is 0.407 e. The van der Waals surface area contributed by atoms with E-state index < -0.39 is 6.09 Å². The lowest BCUT2D eigenvalue weighted by Gasteiger charge is -2.24. The molecular formula is C15H22FN3O2. The normalized spacial score (nSPS) is 19.5. The van der Waals surface area contributed by atoms with Gasteiger partial charge in [-0.05, 0) is 43.5 Å². The molecule has 1 saturated heterocycles. The number of halogens is 1. The zero-order valence-corrected chi connectivity index (χ0v) is 12.6. The van der Waals surface area contributed by atoms with Crippen molar-refractivity contribution in [1.82, 2.24) is 5.32 Å². The highest BCUT2D eigenvalue weighted by Gasteiger charge is 2.26. The first-order chi connectivity index (χ1) is 9.92. The Hall–Kier alpha value is -1.82. The minimum atomic E-state index is -0.426. The molecule has 0 aromatic heterocycles. The van der Waals surface area contributed by atoms with Gasteiger partial charge in [-0.3, -0.25) is 0 Å². The van der Waals surface area contributed by atoms with Crippen molar-refractivity contribution in [3.63, 3.8) is 0 Å². The van der Waals surface area contributed by atoms with Gasteiger partial charge in [0.1, 0.15) is 5.82 Å². The summed E-state index contributed by atoms with van der Waals surface area (Å²) in [5.41, 5.74) is 8.28. The molecule has 1 amide bonds. The number of hydrogen-bond acceptors (Lipinski definition) is 4. The average Bonchev–Trinajstić information content (AvgIpc) is 2.89. The van der Waals surface area contributed by atoms with E-state index in [-0.39, 0.29) is 17.9 Å². The number of nitrogens with zero attached hydrogens (tertiary/aromatic N) is 1. The van der Waals surface area contributed by atoms with Crippen LogP contribution < -0.4 is 16.0 Å². The second-order valence-corrected chi connectivity index (χ2v) is 5.52. The fraction of sp³-hybridized carbons (Fsp3) is 0.533. The molecule has 2 atom stereocenters. The lowest BCUT2D eigenvalue weighted by atomic mass is 10.0. The van der Waals surface area contributed by atoms with Gasteiger partial charge in [-0.15, -0.1) is 0 Å². The predicted molar refractivity (Wildman–Crippen MR) is 79.9 cm³/mol. The predicted octanol–water partition coefficient (Wildman–Crippen LogP) is 2.09. The standard InChI is InChI=1S/C15H22FN3O2/c1-9-6-14(12(10(2)17)7-13(9)16)19-5-4-11(8-19)18-15(20)21-3/h6-7,10-11H,4-5,8,17H2,1-3H3,(H,18,20)/t10-,11?/m1/s1. The molecule has 0 aliphatic carbocycles. The van der Waals surface area contributed by atoms with Crippen molar-refractivity contribution in [2.75, 3.05) is 25.1 Å². The van der Waals surface area contributed by atoms with Gasteiger partial charge in [-0.2, -0.15) is 0 Å². The number of aryl methyl sites for hydroxylation is 1. The molecule has 1 fully saturated rings. The van der Waals surface area contributed by atoms with E-state index in [1.165, 1.54) is 13.2 Å². The number of nitrogens with one attached hydrogen (secondary N) is 1. The van der Waals surface area contributed by atoms with Crippen LogP contribution in [0.5, 0.6) is 0 Å². The Kier molecular flexibility index (Phi) is 4.67. The van der Waals surface area contributed by atoms with Gasteiger partial charge >= 0.3 is 6.09 Å². The molecule has 0 radical (unpaired) electrons. The summed E-state index contributed by atoms with van der Waals surface area (Å²) in [6.45, 7) is 5.04. The van der Waals surface area contributed by atoms with Gasteiger partial charge in [0, 0.05) is 24.8 Å². The summed E-state index contributed by atoms with van der Waals surface area (Å²) in [7, 11) is 1.35. The van der Waals surface area contributed by atoms with Crippen molar-refractivity contribution in [2.45, 2.75) is 32.4 Å². The van der Waals surface area contributed by atoms with Gasteiger partial charge in [-0.25, -0.2) is 9.18 Å². The molecule has 6 heteroatoms. The van der Waals surface area contributed by atoms with E-state index in [2.05, 4.69) is 15.0 Å². The Morgan fingerprint density at radius 2 is 2.29 bits per heavy atom. The zero-order chi connectivity index (χ0) is 15.6. The topological polar surface area (TPSA) is 67.6 Å². The average molecular weight is 295 g/mol. The lowest BCUT2D eigenvalue weighted by Crippen LogP contribution is -2.37. The van der Waals surface area contributed by atoms with Gasteiger partial charge in [0.05, 0.1) is 13.2 Å². The van der Waals surface area contributed by atoms with Crippen LogP contribution in [0.15, 0.2) is 12.1 Å². The Bertz CT molecular complexity index is 534. The van der Waals surface area contributed by atoms with Crippen molar-refractivity contribution in [3.05, 3.63) is 29.1 Å². The number of carbonyl (C=O) groups is 1. The Morgan fingerprint density at radius 3 is 2.90 bits per heavy atom. The van der Waals surface area contributed by atoms with Crippen LogP contribution in [-0.2, 0) is 4.74 Å². The van der Waals surface area contributed by atoms with E-state index in [1.54, 1.807) is 6.92 Å². The van der Waals surface area contributed by atoms with E-state index >= 15 is 0 Å². The first-order valence-electron chi connectivity index (χ1n) is 7.07. The number of alkyl carbamates (subject to hydrolysis) is 1. The van der Waals surface area contributed by atoms with Crippen LogP contribution in [0, 0.1) is 12.7 Å². The number of anilines is 1. The summed E-state index contributed by atoms with van der Waals surface area (Å²) < 4.78 is 18.4. The number of carbonyl (C=O) groups excluding carboxylic acids is 1. The number of ether oxygens (including phenoxy) is 1. The van der Waals surface area contributed by atoms with Gasteiger partial charge in [-0.1, -0.05) is 0 Å². The Balaban J connectivity index is 2.19. The number of amides is 1. The van der Waals surface area contributed by atoms with E-state index in [1.807, 2.05) is 13.0 Å². The molecule has 5 nitrogen and oxygen atoms in total. The minimum absolute atomic E-state index is 0.0312. The third-order valence-corrected chi connectivity index (χ3v) is 3.83. The third-order valence-electron chi connectivity index (χ3n) is 3.83. The fourth-order valence-electron chi connectivity index (χ4n) is 2.64. The van der Waals surface area contributed by atoms with E-state index in [9.17, 15) is 9.18 Å². The molecule has 21 heavy (non-hydrogen) atoms. The maximum absolute atomic E-state index is 13.8. The van der Waals surface area contributed by atoms with E-state index in [0.29, 0.717) is 12.1 Å². The molecule has 1 aliphatic heterocycles. The zero-order valence-electron chi connectivity index (χ0n) is 12.6. The summed E-state index contributed by atoms with van der Waals surface area (Å²) in [6, 6.07) is 3.12. The first-order valence-corrected chi connectivity index (χ1v) is 7.07. The van der Waals surface area contributed by atoms with Crippen LogP contribution in [0.2, 0.25) is 0 Å². The molecule has 1 heterocycles. The minimum Gasteiger partial charge on any atom is -0.453 e. The van der Waals surface area contributed by atoms with Gasteiger partial charge in [0.2, 0.25) is 0 Å². The molecule has 1 aliphatic rings. The van der Waals surface area contributed by atoms with Crippen LogP contribution >= 0.6 is 0 Å². The molecule has 1 unspecified atom stereocenters. The highest BCUT2D eigenvalue weighted by atomic mass is 19.1. The second kappa shape index (κ2) is 6.30. The Labute approximate surface area is 124 Å². The van der Waals surface area contributed by atoms with Crippen molar-refractivity contribution < 1.29 is 13.9 Å². The van der Waals surface area contributed by atoms with E-state index in [4.69, 9.17) is 5.73 Å². The second-order valence-electron chi connectivity index (χ2n) is 5.52. The van der Waals surface area contributed by atoms with Crippen molar-refractivity contribution >= 4 is 11.8 Å². The quantitative estimate of drug-likeness (QED) is 0.896. The largest absolute Gasteiger partial charge is 0.453 e. The van der Waals surface area contributed by atoms with Gasteiger partial charge in [0.15, 0.2) is 0 Å². The fourth-order valence-corrected chi connectivity index (χ4v) is 2.64. The van der Waals surface area contributed by atoms with E-state index in [0.717, 1.165) is 24.2 Å². The molecule has 116 valence electrons. The van der Waals surface area contributed by atoms with Crippen LogP contribution in [0.1, 0.15) is 30.5 Å². The van der Waals surface area contributed by atoms with Crippen molar-refractivity contribution in [2.24, 2.45) is 5.73 Å². The molecular weight excluding hydrogens is 273 g/mol. The van der Waals surface area contributed by atoms with Crippen molar-refractivity contribution in [1.29, 1.82) is 0 Å². The number of nitrogens with two attached hydrogens (primary N) is 1. The molecule has 0 spiro atoms. The molecule has 0 bridgehead atoms. The summed E-state index contributed by atoms with van der Waals surface area (Å²) >= 11 is 0. The monoisotopic (exact) mass is 295 g/mol. The maximum atomic E-state index is 13.8. The lowest BCUT2D eigenvalue weighted by molar-refractivity contribution is 0.167. The number of rotatable bonds is 3. The van der Waals surface area contributed by atoms with Gasteiger partial charge < -0.3 is 20.7 Å². The third kappa shape index (κ3) is 3.44.